The second-order valence-electron chi connectivity index (χ2n) is 3.86. The fourth-order valence-corrected chi connectivity index (χ4v) is 1.44. The first-order chi connectivity index (χ1) is 8.55. The molecule has 0 aliphatic rings. The maximum atomic E-state index is 12.5. The molecule has 106 valence electrons. The molecule has 0 fully saturated rings. The SMILES string of the molecule is CC(=CCO)c1cc(C(F)(F)F)cc(C(F)(F)F)c1. The average Bonchev–Trinajstić information content (AvgIpc) is 2.26. The van der Waals surface area contributed by atoms with Gasteiger partial charge in [-0.25, -0.2) is 0 Å². The number of rotatable bonds is 2. The highest BCUT2D eigenvalue weighted by Crippen LogP contribution is 2.37. The molecule has 7 heteroatoms. The average molecular weight is 284 g/mol. The van der Waals surface area contributed by atoms with Crippen LogP contribution < -0.4 is 0 Å². The fraction of sp³-hybridized carbons (Fsp3) is 0.333. The van der Waals surface area contributed by atoms with Gasteiger partial charge in [-0.3, -0.25) is 0 Å². The molecule has 0 bridgehead atoms. The Labute approximate surface area is 105 Å². The Morgan fingerprint density at radius 2 is 1.42 bits per heavy atom. The van der Waals surface area contributed by atoms with E-state index < -0.39 is 30.1 Å². The van der Waals surface area contributed by atoms with Gasteiger partial charge in [0.25, 0.3) is 0 Å². The molecular formula is C12H10F6O. The zero-order chi connectivity index (χ0) is 14.8. The summed E-state index contributed by atoms with van der Waals surface area (Å²) < 4.78 is 75.3. The van der Waals surface area contributed by atoms with Gasteiger partial charge in [0.05, 0.1) is 17.7 Å². The Hall–Kier alpha value is -1.50. The largest absolute Gasteiger partial charge is 0.416 e. The number of halogens is 6. The minimum atomic E-state index is -4.87. The summed E-state index contributed by atoms with van der Waals surface area (Å²) in [6, 6.07) is 1.31. The van der Waals surface area contributed by atoms with Gasteiger partial charge < -0.3 is 5.11 Å². The van der Waals surface area contributed by atoms with Crippen molar-refractivity contribution >= 4 is 5.57 Å². The van der Waals surface area contributed by atoms with Crippen LogP contribution in [0.3, 0.4) is 0 Å². The van der Waals surface area contributed by atoms with Crippen LogP contribution in [0.25, 0.3) is 5.57 Å². The summed E-state index contributed by atoms with van der Waals surface area (Å²) in [4.78, 5) is 0. The lowest BCUT2D eigenvalue weighted by Gasteiger charge is -2.14. The lowest BCUT2D eigenvalue weighted by Crippen LogP contribution is -2.11. The summed E-state index contributed by atoms with van der Waals surface area (Å²) >= 11 is 0. The summed E-state index contributed by atoms with van der Waals surface area (Å²) in [5.41, 5.74) is -2.83. The highest BCUT2D eigenvalue weighted by atomic mass is 19.4. The topological polar surface area (TPSA) is 20.2 Å². The molecule has 0 aromatic heterocycles. The van der Waals surface area contributed by atoms with Gasteiger partial charge in [0.1, 0.15) is 0 Å². The molecule has 0 radical (unpaired) electrons. The number of aliphatic hydroxyl groups is 1. The van der Waals surface area contributed by atoms with Crippen LogP contribution in [0.2, 0.25) is 0 Å². The number of alkyl halides is 6. The van der Waals surface area contributed by atoms with Gasteiger partial charge in [-0.15, -0.1) is 0 Å². The minimum Gasteiger partial charge on any atom is -0.392 e. The number of aliphatic hydroxyl groups excluding tert-OH is 1. The summed E-state index contributed by atoms with van der Waals surface area (Å²) in [5, 5.41) is 8.64. The molecule has 1 aromatic carbocycles. The Morgan fingerprint density at radius 3 is 1.74 bits per heavy atom. The predicted octanol–water partition coefficient (Wildman–Crippen LogP) is 4.12. The zero-order valence-electron chi connectivity index (χ0n) is 9.73. The van der Waals surface area contributed by atoms with Gasteiger partial charge in [-0.05, 0) is 36.3 Å². The van der Waals surface area contributed by atoms with E-state index in [9.17, 15) is 26.3 Å². The van der Waals surface area contributed by atoms with Crippen LogP contribution in [0.1, 0.15) is 23.6 Å². The lowest BCUT2D eigenvalue weighted by molar-refractivity contribution is -0.143. The van der Waals surface area contributed by atoms with E-state index in [0.29, 0.717) is 12.1 Å². The molecule has 0 unspecified atom stereocenters. The number of benzene rings is 1. The third-order valence-corrected chi connectivity index (χ3v) is 2.44. The van der Waals surface area contributed by atoms with Crippen molar-refractivity contribution in [1.82, 2.24) is 0 Å². The molecule has 0 spiro atoms. The minimum absolute atomic E-state index is 0.0652. The van der Waals surface area contributed by atoms with E-state index in [2.05, 4.69) is 0 Å². The van der Waals surface area contributed by atoms with Crippen LogP contribution >= 0.6 is 0 Å². The van der Waals surface area contributed by atoms with Crippen molar-refractivity contribution in [3.63, 3.8) is 0 Å². The van der Waals surface area contributed by atoms with Crippen molar-refractivity contribution in [1.29, 1.82) is 0 Å². The van der Waals surface area contributed by atoms with Crippen molar-refractivity contribution in [3.8, 4) is 0 Å². The molecule has 1 aromatic rings. The molecule has 0 heterocycles. The van der Waals surface area contributed by atoms with Crippen molar-refractivity contribution < 1.29 is 31.4 Å². The molecule has 0 aliphatic carbocycles. The molecule has 0 atom stereocenters. The second-order valence-corrected chi connectivity index (χ2v) is 3.86. The molecule has 19 heavy (non-hydrogen) atoms. The predicted molar refractivity (Wildman–Crippen MR) is 57.2 cm³/mol. The maximum Gasteiger partial charge on any atom is 0.416 e. The third kappa shape index (κ3) is 3.99. The Bertz CT molecular complexity index is 452. The number of hydrogen-bond donors (Lipinski definition) is 1. The van der Waals surface area contributed by atoms with Crippen LogP contribution in [0.4, 0.5) is 26.3 Å². The normalized spacial score (nSPS) is 13.8. The quantitative estimate of drug-likeness (QED) is 0.810. The summed E-state index contributed by atoms with van der Waals surface area (Å²) in [6.07, 6.45) is -8.60. The van der Waals surface area contributed by atoms with Gasteiger partial charge >= 0.3 is 12.4 Å². The lowest BCUT2D eigenvalue weighted by atomic mass is 10.00. The van der Waals surface area contributed by atoms with Crippen LogP contribution in [0.15, 0.2) is 24.3 Å². The van der Waals surface area contributed by atoms with Crippen molar-refractivity contribution in [2.45, 2.75) is 19.3 Å². The molecule has 0 saturated carbocycles. The summed E-state index contributed by atoms with van der Waals surface area (Å²) in [7, 11) is 0. The first-order valence-electron chi connectivity index (χ1n) is 5.13. The molecule has 0 amide bonds. The van der Waals surface area contributed by atoms with Gasteiger partial charge in [0.15, 0.2) is 0 Å². The molecule has 1 nitrogen and oxygen atoms in total. The Morgan fingerprint density at radius 1 is 1.00 bits per heavy atom. The van der Waals surface area contributed by atoms with Crippen LogP contribution in [-0.4, -0.2) is 11.7 Å². The monoisotopic (exact) mass is 284 g/mol. The van der Waals surface area contributed by atoms with Gasteiger partial charge in [0, 0.05) is 0 Å². The van der Waals surface area contributed by atoms with E-state index in [4.69, 9.17) is 5.11 Å². The standard InChI is InChI=1S/C12H10F6O/c1-7(2-3-19)8-4-9(11(13,14)15)6-10(5-8)12(16,17)18/h2,4-6,19H,3H2,1H3. The Balaban J connectivity index is 3.46. The fourth-order valence-electron chi connectivity index (χ4n) is 1.44. The number of allylic oxidation sites excluding steroid dienone is 1. The van der Waals surface area contributed by atoms with Gasteiger partial charge in [0.2, 0.25) is 0 Å². The van der Waals surface area contributed by atoms with E-state index in [1.165, 1.54) is 6.92 Å². The van der Waals surface area contributed by atoms with E-state index >= 15 is 0 Å². The van der Waals surface area contributed by atoms with E-state index in [-0.39, 0.29) is 17.2 Å². The second kappa shape index (κ2) is 5.24. The zero-order valence-corrected chi connectivity index (χ0v) is 9.73. The summed E-state index contributed by atoms with van der Waals surface area (Å²) in [6.45, 7) is 0.856. The molecular weight excluding hydrogens is 274 g/mol. The Kier molecular flexibility index (Phi) is 4.29. The third-order valence-electron chi connectivity index (χ3n) is 2.44. The smallest absolute Gasteiger partial charge is 0.392 e. The molecule has 1 N–H and O–H groups in total. The van der Waals surface area contributed by atoms with Crippen LogP contribution in [0.5, 0.6) is 0 Å². The maximum absolute atomic E-state index is 12.5. The van der Waals surface area contributed by atoms with Gasteiger partial charge in [-0.2, -0.15) is 26.3 Å². The first-order valence-corrected chi connectivity index (χ1v) is 5.13. The van der Waals surface area contributed by atoms with E-state index in [1.807, 2.05) is 0 Å². The molecule has 0 aliphatic heterocycles. The first kappa shape index (κ1) is 15.6. The van der Waals surface area contributed by atoms with E-state index in [0.717, 1.165) is 6.08 Å². The number of hydrogen-bond acceptors (Lipinski definition) is 1. The van der Waals surface area contributed by atoms with Crippen molar-refractivity contribution in [3.05, 3.63) is 41.0 Å². The molecule has 1 rings (SSSR count). The van der Waals surface area contributed by atoms with Crippen molar-refractivity contribution in [2.24, 2.45) is 0 Å². The molecule has 0 saturated heterocycles. The highest BCUT2D eigenvalue weighted by molar-refractivity contribution is 5.65. The van der Waals surface area contributed by atoms with Crippen LogP contribution in [-0.2, 0) is 12.4 Å². The van der Waals surface area contributed by atoms with Crippen molar-refractivity contribution in [2.75, 3.05) is 6.61 Å². The van der Waals surface area contributed by atoms with Gasteiger partial charge in [-0.1, -0.05) is 6.08 Å². The van der Waals surface area contributed by atoms with Crippen LogP contribution in [0, 0.1) is 0 Å². The van der Waals surface area contributed by atoms with E-state index in [1.54, 1.807) is 0 Å². The highest BCUT2D eigenvalue weighted by Gasteiger charge is 2.36. The summed E-state index contributed by atoms with van der Waals surface area (Å²) in [5.74, 6) is 0.